The van der Waals surface area contributed by atoms with Crippen molar-refractivity contribution < 1.29 is 4.79 Å². The van der Waals surface area contributed by atoms with E-state index in [1.165, 1.54) is 18.4 Å². The van der Waals surface area contributed by atoms with Crippen molar-refractivity contribution in [2.45, 2.75) is 38.1 Å². The second-order valence-electron chi connectivity index (χ2n) is 8.24. The Bertz CT molecular complexity index is 847. The third-order valence-electron chi connectivity index (χ3n) is 6.22. The van der Waals surface area contributed by atoms with Gasteiger partial charge in [-0.25, -0.2) is 9.97 Å². The SMILES string of the molecule is O=C1NCCc2c1nc(CCc1ccccc1)nc2N1C[C@H]2CC[C@@H](C1)NC2. The van der Waals surface area contributed by atoms with E-state index in [-0.39, 0.29) is 5.91 Å². The Balaban J connectivity index is 1.48. The van der Waals surface area contributed by atoms with E-state index in [1.807, 2.05) is 6.07 Å². The Labute approximate surface area is 165 Å². The molecule has 3 saturated heterocycles. The maximum Gasteiger partial charge on any atom is 0.270 e. The second kappa shape index (κ2) is 7.51. The van der Waals surface area contributed by atoms with Crippen LogP contribution in [0.1, 0.15) is 40.3 Å². The first-order chi connectivity index (χ1) is 13.8. The van der Waals surface area contributed by atoms with Crippen LogP contribution in [0, 0.1) is 5.92 Å². The number of carbonyl (C=O) groups excluding carboxylic acids is 1. The fraction of sp³-hybridized carbons (Fsp3) is 0.500. The third-order valence-corrected chi connectivity index (χ3v) is 6.22. The van der Waals surface area contributed by atoms with E-state index in [1.54, 1.807) is 0 Å². The number of amides is 1. The number of benzene rings is 1. The molecule has 146 valence electrons. The van der Waals surface area contributed by atoms with Gasteiger partial charge >= 0.3 is 0 Å². The lowest BCUT2D eigenvalue weighted by atomic mass is 9.97. The summed E-state index contributed by atoms with van der Waals surface area (Å²) in [5, 5.41) is 6.62. The highest BCUT2D eigenvalue weighted by Crippen LogP contribution is 2.30. The molecule has 4 aliphatic heterocycles. The Morgan fingerprint density at radius 1 is 1.07 bits per heavy atom. The zero-order chi connectivity index (χ0) is 18.9. The van der Waals surface area contributed by atoms with Crippen molar-refractivity contribution in [3.63, 3.8) is 0 Å². The van der Waals surface area contributed by atoms with Crippen molar-refractivity contribution >= 4 is 11.7 Å². The molecule has 6 heteroatoms. The zero-order valence-corrected chi connectivity index (χ0v) is 16.2. The molecule has 0 unspecified atom stereocenters. The van der Waals surface area contributed by atoms with E-state index >= 15 is 0 Å². The van der Waals surface area contributed by atoms with Crippen molar-refractivity contribution in [3.05, 3.63) is 53.0 Å². The second-order valence-corrected chi connectivity index (χ2v) is 8.24. The first-order valence-corrected chi connectivity index (χ1v) is 10.5. The molecule has 1 aromatic carbocycles. The minimum atomic E-state index is -0.0539. The third kappa shape index (κ3) is 3.49. The Kier molecular flexibility index (Phi) is 4.72. The van der Waals surface area contributed by atoms with Gasteiger partial charge in [-0.1, -0.05) is 30.3 Å². The van der Waals surface area contributed by atoms with Crippen molar-refractivity contribution in [3.8, 4) is 0 Å². The van der Waals surface area contributed by atoms with Crippen LogP contribution in [0.2, 0.25) is 0 Å². The van der Waals surface area contributed by atoms with Crippen molar-refractivity contribution in [1.82, 2.24) is 20.6 Å². The van der Waals surface area contributed by atoms with Gasteiger partial charge in [-0.2, -0.15) is 0 Å². The number of rotatable bonds is 4. The lowest BCUT2D eigenvalue weighted by molar-refractivity contribution is 0.0940. The van der Waals surface area contributed by atoms with Crippen LogP contribution >= 0.6 is 0 Å². The summed E-state index contributed by atoms with van der Waals surface area (Å²) < 4.78 is 0. The molecule has 5 heterocycles. The van der Waals surface area contributed by atoms with Gasteiger partial charge in [0.05, 0.1) is 0 Å². The van der Waals surface area contributed by atoms with Crippen LogP contribution < -0.4 is 15.5 Å². The molecule has 0 aliphatic carbocycles. The predicted octanol–water partition coefficient (Wildman–Crippen LogP) is 1.74. The van der Waals surface area contributed by atoms with E-state index in [9.17, 15) is 4.79 Å². The average molecular weight is 377 g/mol. The lowest BCUT2D eigenvalue weighted by Gasteiger charge is -2.28. The van der Waals surface area contributed by atoms with Crippen LogP contribution in [0.4, 0.5) is 5.82 Å². The van der Waals surface area contributed by atoms with Crippen LogP contribution in [-0.4, -0.2) is 48.1 Å². The Morgan fingerprint density at radius 3 is 2.79 bits per heavy atom. The number of carbonyl (C=O) groups is 1. The van der Waals surface area contributed by atoms with Gasteiger partial charge in [0.2, 0.25) is 0 Å². The molecule has 1 aromatic heterocycles. The largest absolute Gasteiger partial charge is 0.354 e. The monoisotopic (exact) mass is 377 g/mol. The smallest absolute Gasteiger partial charge is 0.270 e. The lowest BCUT2D eigenvalue weighted by Crippen LogP contribution is -2.40. The van der Waals surface area contributed by atoms with Gasteiger partial charge in [-0.3, -0.25) is 4.79 Å². The standard InChI is InChI=1S/C22H27N5O/c28-22-20-18(10-11-23-22)21(27-13-16-6-8-17(14-27)24-12-16)26-19(25-20)9-7-15-4-2-1-3-5-15/h1-5,16-17,24H,6-14H2,(H,23,28)/t16-,17-/m0/s1. The molecule has 2 atom stereocenters. The molecule has 0 saturated carbocycles. The van der Waals surface area contributed by atoms with Crippen molar-refractivity contribution in [2.24, 2.45) is 5.92 Å². The molecule has 28 heavy (non-hydrogen) atoms. The van der Waals surface area contributed by atoms with Crippen molar-refractivity contribution in [1.29, 1.82) is 0 Å². The van der Waals surface area contributed by atoms with Crippen molar-refractivity contribution in [2.75, 3.05) is 31.1 Å². The molecule has 2 N–H and O–H groups in total. The molecule has 3 fully saturated rings. The predicted molar refractivity (Wildman–Crippen MR) is 109 cm³/mol. The highest BCUT2D eigenvalue weighted by atomic mass is 16.1. The van der Waals surface area contributed by atoms with Gasteiger partial charge in [0.25, 0.3) is 5.91 Å². The van der Waals surface area contributed by atoms with Crippen LogP contribution in [-0.2, 0) is 19.3 Å². The van der Waals surface area contributed by atoms with E-state index in [2.05, 4.69) is 44.8 Å². The molecule has 6 nitrogen and oxygen atoms in total. The summed E-state index contributed by atoms with van der Waals surface area (Å²) in [6, 6.07) is 10.9. The number of aromatic nitrogens is 2. The maximum absolute atomic E-state index is 12.5. The van der Waals surface area contributed by atoms with E-state index in [0.29, 0.717) is 24.2 Å². The average Bonchev–Trinajstić information content (AvgIpc) is 3.07. The van der Waals surface area contributed by atoms with Gasteiger partial charge in [0, 0.05) is 37.7 Å². The maximum atomic E-state index is 12.5. The summed E-state index contributed by atoms with van der Waals surface area (Å²) >= 11 is 0. The fourth-order valence-corrected chi connectivity index (χ4v) is 4.71. The highest BCUT2D eigenvalue weighted by molar-refractivity contribution is 5.96. The van der Waals surface area contributed by atoms with Gasteiger partial charge in [-0.05, 0) is 43.7 Å². The van der Waals surface area contributed by atoms with Crippen LogP contribution in [0.15, 0.2) is 30.3 Å². The Morgan fingerprint density at radius 2 is 1.96 bits per heavy atom. The first kappa shape index (κ1) is 17.6. The molecule has 2 bridgehead atoms. The molecule has 2 aromatic rings. The minimum absolute atomic E-state index is 0.0539. The first-order valence-electron chi connectivity index (χ1n) is 10.5. The Hall–Kier alpha value is -2.47. The normalized spacial score (nSPS) is 23.9. The number of hydrogen-bond acceptors (Lipinski definition) is 5. The summed E-state index contributed by atoms with van der Waals surface area (Å²) in [4.78, 5) is 24.6. The van der Waals surface area contributed by atoms with Gasteiger partial charge < -0.3 is 15.5 Å². The quantitative estimate of drug-likeness (QED) is 0.849. The van der Waals surface area contributed by atoms with Gasteiger partial charge in [0.1, 0.15) is 17.3 Å². The molecule has 6 rings (SSSR count). The highest BCUT2D eigenvalue weighted by Gasteiger charge is 2.33. The summed E-state index contributed by atoms with van der Waals surface area (Å²) in [6.45, 7) is 3.76. The molecule has 0 radical (unpaired) electrons. The number of aryl methyl sites for hydroxylation is 2. The molecule has 4 aliphatic rings. The van der Waals surface area contributed by atoms with Crippen LogP contribution in [0.5, 0.6) is 0 Å². The fourth-order valence-electron chi connectivity index (χ4n) is 4.71. The van der Waals surface area contributed by atoms with Gasteiger partial charge in [-0.15, -0.1) is 0 Å². The van der Waals surface area contributed by atoms with Crippen LogP contribution in [0.25, 0.3) is 0 Å². The summed E-state index contributed by atoms with van der Waals surface area (Å²) in [5.74, 6) is 2.39. The summed E-state index contributed by atoms with van der Waals surface area (Å²) in [6.07, 6.45) is 4.96. The summed E-state index contributed by atoms with van der Waals surface area (Å²) in [5.41, 5.74) is 2.89. The molecular weight excluding hydrogens is 350 g/mol. The molecule has 0 spiro atoms. The number of anilines is 1. The van der Waals surface area contributed by atoms with E-state index in [4.69, 9.17) is 4.98 Å². The number of nitrogens with one attached hydrogen (secondary N) is 2. The van der Waals surface area contributed by atoms with E-state index < -0.39 is 0 Å². The number of piperidine rings is 1. The number of hydrogen-bond donors (Lipinski definition) is 2. The zero-order valence-electron chi connectivity index (χ0n) is 16.2. The number of nitrogens with zero attached hydrogens (tertiary/aromatic N) is 3. The molecular formula is C22H27N5O. The number of fused-ring (bicyclic) bond motifs is 5. The molecule has 1 amide bonds. The summed E-state index contributed by atoms with van der Waals surface area (Å²) in [7, 11) is 0. The van der Waals surface area contributed by atoms with Gasteiger partial charge in [0.15, 0.2) is 0 Å². The van der Waals surface area contributed by atoms with Crippen LogP contribution in [0.3, 0.4) is 0 Å². The minimum Gasteiger partial charge on any atom is -0.354 e. The topological polar surface area (TPSA) is 70.2 Å². The van der Waals surface area contributed by atoms with E-state index in [0.717, 1.165) is 56.1 Å².